The third-order valence-electron chi connectivity index (χ3n) is 2.56. The van der Waals surface area contributed by atoms with Gasteiger partial charge in [0.1, 0.15) is 0 Å². The van der Waals surface area contributed by atoms with E-state index in [9.17, 15) is 4.79 Å². The van der Waals surface area contributed by atoms with E-state index in [1.807, 2.05) is 31.2 Å². The van der Waals surface area contributed by atoms with Crippen LogP contribution >= 0.6 is 15.9 Å². The van der Waals surface area contributed by atoms with Crippen molar-refractivity contribution >= 4 is 33.2 Å². The van der Waals surface area contributed by atoms with E-state index in [1.165, 1.54) is 0 Å². The van der Waals surface area contributed by atoms with Gasteiger partial charge in [-0.25, -0.2) is 5.43 Å². The van der Waals surface area contributed by atoms with Gasteiger partial charge < -0.3 is 5.32 Å². The van der Waals surface area contributed by atoms with Crippen molar-refractivity contribution in [2.45, 2.75) is 33.1 Å². The number of nitrogens with zero attached hydrogens (tertiary/aromatic N) is 1. The van der Waals surface area contributed by atoms with E-state index >= 15 is 0 Å². The summed E-state index contributed by atoms with van der Waals surface area (Å²) in [6.45, 7) is 4.35. The first-order valence-corrected chi connectivity index (χ1v) is 7.28. The lowest BCUT2D eigenvalue weighted by molar-refractivity contribution is -0.119. The molecule has 1 aromatic carbocycles. The van der Waals surface area contributed by atoms with Crippen molar-refractivity contribution in [3.63, 3.8) is 0 Å². The van der Waals surface area contributed by atoms with Crippen LogP contribution < -0.4 is 10.7 Å². The van der Waals surface area contributed by atoms with E-state index in [4.69, 9.17) is 0 Å². The van der Waals surface area contributed by atoms with Crippen molar-refractivity contribution in [3.05, 3.63) is 28.7 Å². The van der Waals surface area contributed by atoms with E-state index < -0.39 is 0 Å². The van der Waals surface area contributed by atoms with Crippen molar-refractivity contribution in [3.8, 4) is 0 Å². The Hall–Kier alpha value is -1.36. The molecule has 104 valence electrons. The normalized spacial score (nSPS) is 11.2. The van der Waals surface area contributed by atoms with Gasteiger partial charge in [0.25, 0.3) is 5.91 Å². The second-order valence-corrected chi connectivity index (χ2v) is 5.10. The van der Waals surface area contributed by atoms with Gasteiger partial charge in [-0.15, -0.1) is 0 Å². The molecule has 0 spiro atoms. The van der Waals surface area contributed by atoms with Crippen molar-refractivity contribution < 1.29 is 4.79 Å². The number of amides is 1. The van der Waals surface area contributed by atoms with Gasteiger partial charge in [-0.2, -0.15) is 5.10 Å². The molecule has 0 atom stereocenters. The molecule has 2 N–H and O–H groups in total. The number of carbonyl (C=O) groups excluding carboxylic acids is 1. The van der Waals surface area contributed by atoms with Crippen molar-refractivity contribution in [1.29, 1.82) is 0 Å². The summed E-state index contributed by atoms with van der Waals surface area (Å²) in [7, 11) is 0. The van der Waals surface area contributed by atoms with Gasteiger partial charge in [-0.05, 0) is 31.0 Å². The zero-order valence-corrected chi connectivity index (χ0v) is 13.0. The van der Waals surface area contributed by atoms with Crippen LogP contribution in [0.25, 0.3) is 0 Å². The topological polar surface area (TPSA) is 53.5 Å². The smallest absolute Gasteiger partial charge is 0.259 e. The van der Waals surface area contributed by atoms with Gasteiger partial charge in [0.15, 0.2) is 0 Å². The molecule has 0 saturated heterocycles. The summed E-state index contributed by atoms with van der Waals surface area (Å²) in [5.74, 6) is -0.137. The van der Waals surface area contributed by atoms with E-state index in [-0.39, 0.29) is 12.5 Å². The van der Waals surface area contributed by atoms with Crippen LogP contribution in [0.1, 0.15) is 33.1 Å². The summed E-state index contributed by atoms with van der Waals surface area (Å²) in [5.41, 5.74) is 4.51. The van der Waals surface area contributed by atoms with Crippen LogP contribution in [0.5, 0.6) is 0 Å². The highest BCUT2D eigenvalue weighted by Crippen LogP contribution is 2.15. The third-order valence-corrected chi connectivity index (χ3v) is 3.06. The Morgan fingerprint density at radius 3 is 2.79 bits per heavy atom. The molecule has 5 heteroatoms. The molecule has 0 fully saturated rings. The molecule has 0 heterocycles. The Labute approximate surface area is 122 Å². The Morgan fingerprint density at radius 1 is 1.37 bits per heavy atom. The van der Waals surface area contributed by atoms with Crippen LogP contribution in [0.4, 0.5) is 5.69 Å². The molecule has 0 unspecified atom stereocenters. The van der Waals surface area contributed by atoms with Gasteiger partial charge >= 0.3 is 0 Å². The minimum absolute atomic E-state index is 0.137. The molecule has 0 aliphatic rings. The van der Waals surface area contributed by atoms with Crippen LogP contribution in [0, 0.1) is 0 Å². The maximum Gasteiger partial charge on any atom is 0.259 e. The maximum absolute atomic E-state index is 11.6. The molecule has 0 aliphatic heterocycles. The van der Waals surface area contributed by atoms with Crippen LogP contribution in [-0.2, 0) is 4.79 Å². The number of hydrogen-bond donors (Lipinski definition) is 2. The lowest BCUT2D eigenvalue weighted by atomic mass is 10.2. The second-order valence-electron chi connectivity index (χ2n) is 4.18. The van der Waals surface area contributed by atoms with Crippen LogP contribution in [-0.4, -0.2) is 18.2 Å². The van der Waals surface area contributed by atoms with Crippen LogP contribution in [0.15, 0.2) is 33.8 Å². The maximum atomic E-state index is 11.6. The molecule has 0 aromatic heterocycles. The van der Waals surface area contributed by atoms with Gasteiger partial charge in [0.05, 0.1) is 6.54 Å². The number of hydrogen-bond acceptors (Lipinski definition) is 3. The van der Waals surface area contributed by atoms with E-state index in [0.29, 0.717) is 0 Å². The molecule has 0 aliphatic carbocycles. The third kappa shape index (κ3) is 6.38. The first kappa shape index (κ1) is 15.7. The number of nitrogens with one attached hydrogen (secondary N) is 2. The molecule has 1 aromatic rings. The average molecular weight is 326 g/mol. The predicted octanol–water partition coefficient (Wildman–Crippen LogP) is 3.54. The van der Waals surface area contributed by atoms with Gasteiger partial charge in [0, 0.05) is 15.9 Å². The minimum Gasteiger partial charge on any atom is -0.376 e. The Bertz CT molecular complexity index is 446. The molecule has 0 bridgehead atoms. The molecular formula is C14H20BrN3O. The monoisotopic (exact) mass is 325 g/mol. The Balaban J connectivity index is 2.39. The van der Waals surface area contributed by atoms with E-state index in [0.717, 1.165) is 35.1 Å². The quantitative estimate of drug-likeness (QED) is 0.595. The van der Waals surface area contributed by atoms with Crippen molar-refractivity contribution in [2.75, 3.05) is 11.9 Å². The molecule has 0 saturated carbocycles. The zero-order chi connectivity index (χ0) is 14.1. The number of halogens is 1. The van der Waals surface area contributed by atoms with Gasteiger partial charge in [-0.1, -0.05) is 42.3 Å². The lowest BCUT2D eigenvalue weighted by Crippen LogP contribution is -2.26. The first-order valence-electron chi connectivity index (χ1n) is 6.49. The fourth-order valence-corrected chi connectivity index (χ4v) is 1.96. The predicted molar refractivity (Wildman–Crippen MR) is 83.4 cm³/mol. The highest BCUT2D eigenvalue weighted by Gasteiger charge is 2.01. The fourth-order valence-electron chi connectivity index (χ4n) is 1.56. The number of benzene rings is 1. The van der Waals surface area contributed by atoms with Crippen molar-refractivity contribution in [2.24, 2.45) is 5.10 Å². The van der Waals surface area contributed by atoms with E-state index in [1.54, 1.807) is 0 Å². The summed E-state index contributed by atoms with van der Waals surface area (Å²) in [6.07, 6.45) is 2.84. The summed E-state index contributed by atoms with van der Waals surface area (Å²) in [5, 5.41) is 7.18. The lowest BCUT2D eigenvalue weighted by Gasteiger charge is -2.06. The summed E-state index contributed by atoms with van der Waals surface area (Å²) >= 11 is 3.38. The number of anilines is 1. The largest absolute Gasteiger partial charge is 0.376 e. The van der Waals surface area contributed by atoms with E-state index in [2.05, 4.69) is 38.7 Å². The number of carbonyl (C=O) groups is 1. The summed E-state index contributed by atoms with van der Waals surface area (Å²) in [6, 6.07) is 7.69. The minimum atomic E-state index is -0.137. The highest BCUT2D eigenvalue weighted by molar-refractivity contribution is 9.10. The summed E-state index contributed by atoms with van der Waals surface area (Å²) < 4.78 is 0.979. The SMILES string of the molecule is CCC/C(CC)=N\NC(=O)CNc1cccc(Br)c1. The fraction of sp³-hybridized carbons (Fsp3) is 0.429. The summed E-state index contributed by atoms with van der Waals surface area (Å²) in [4.78, 5) is 11.6. The zero-order valence-electron chi connectivity index (χ0n) is 11.4. The van der Waals surface area contributed by atoms with Crippen LogP contribution in [0.3, 0.4) is 0 Å². The molecule has 1 rings (SSSR count). The second kappa shape index (κ2) is 8.69. The van der Waals surface area contributed by atoms with Crippen molar-refractivity contribution in [1.82, 2.24) is 5.43 Å². The number of rotatable bonds is 7. The molecule has 0 radical (unpaired) electrons. The first-order chi connectivity index (χ1) is 9.15. The average Bonchev–Trinajstić information content (AvgIpc) is 2.41. The molecular weight excluding hydrogens is 306 g/mol. The van der Waals surface area contributed by atoms with Gasteiger partial charge in [-0.3, -0.25) is 4.79 Å². The number of hydrazone groups is 1. The Morgan fingerprint density at radius 2 is 2.16 bits per heavy atom. The van der Waals surface area contributed by atoms with Gasteiger partial charge in [0.2, 0.25) is 0 Å². The Kier molecular flexibility index (Phi) is 7.18. The molecule has 4 nitrogen and oxygen atoms in total. The highest BCUT2D eigenvalue weighted by atomic mass is 79.9. The molecule has 1 amide bonds. The van der Waals surface area contributed by atoms with Crippen LogP contribution in [0.2, 0.25) is 0 Å². The standard InChI is InChI=1S/C14H20BrN3O/c1-3-6-12(4-2)17-18-14(19)10-16-13-8-5-7-11(15)9-13/h5,7-9,16H,3-4,6,10H2,1-2H3,(H,18,19)/b17-12-. The molecule has 19 heavy (non-hydrogen) atoms.